The highest BCUT2D eigenvalue weighted by Gasteiger charge is 2.42. The fourth-order valence-electron chi connectivity index (χ4n) is 2.25. The summed E-state index contributed by atoms with van der Waals surface area (Å²) in [6, 6.07) is 5.66. The van der Waals surface area contributed by atoms with E-state index in [0.717, 1.165) is 0 Å². The maximum Gasteiger partial charge on any atom is 0.317 e. The smallest absolute Gasteiger partial charge is 0.317 e. The molecule has 0 saturated carbocycles. The van der Waals surface area contributed by atoms with E-state index in [1.807, 2.05) is 0 Å². The average Bonchev–Trinajstić information content (AvgIpc) is 2.80. The number of likely N-dealkylation sites (tertiary alicyclic amines) is 1. The number of benzene rings is 1. The van der Waals surface area contributed by atoms with Crippen LogP contribution in [0, 0.1) is 11.2 Å². The maximum absolute atomic E-state index is 13.0. The zero-order valence-electron chi connectivity index (χ0n) is 11.2. The van der Waals surface area contributed by atoms with Gasteiger partial charge >= 0.3 is 12.0 Å². The SMILES string of the molecule is CC1(C(=O)O)CCN(C(=O)NCc2cccc(F)c2)C1. The lowest BCUT2D eigenvalue weighted by Gasteiger charge is -2.20. The zero-order valence-corrected chi connectivity index (χ0v) is 11.2. The van der Waals surface area contributed by atoms with Crippen LogP contribution >= 0.6 is 0 Å². The molecule has 2 rings (SSSR count). The van der Waals surface area contributed by atoms with Crippen LogP contribution in [0.25, 0.3) is 0 Å². The van der Waals surface area contributed by atoms with Gasteiger partial charge in [0.1, 0.15) is 5.82 Å². The van der Waals surface area contributed by atoms with Crippen LogP contribution in [0.5, 0.6) is 0 Å². The number of hydrogen-bond donors (Lipinski definition) is 2. The third kappa shape index (κ3) is 3.07. The summed E-state index contributed by atoms with van der Waals surface area (Å²) in [4.78, 5) is 24.5. The highest BCUT2D eigenvalue weighted by molar-refractivity contribution is 5.79. The van der Waals surface area contributed by atoms with Crippen molar-refractivity contribution in [1.82, 2.24) is 10.2 Å². The van der Waals surface area contributed by atoms with Crippen molar-refractivity contribution < 1.29 is 19.1 Å². The Morgan fingerprint density at radius 1 is 1.50 bits per heavy atom. The summed E-state index contributed by atoms with van der Waals surface area (Å²) >= 11 is 0. The molecule has 6 heteroatoms. The van der Waals surface area contributed by atoms with Gasteiger partial charge in [-0.1, -0.05) is 12.1 Å². The molecule has 2 N–H and O–H groups in total. The molecule has 1 fully saturated rings. The number of nitrogens with one attached hydrogen (secondary N) is 1. The van der Waals surface area contributed by atoms with Crippen LogP contribution in [0.4, 0.5) is 9.18 Å². The predicted molar refractivity (Wildman–Crippen MR) is 70.6 cm³/mol. The van der Waals surface area contributed by atoms with Crippen LogP contribution in [-0.2, 0) is 11.3 Å². The van der Waals surface area contributed by atoms with E-state index in [0.29, 0.717) is 18.5 Å². The first-order valence-corrected chi connectivity index (χ1v) is 6.41. The number of nitrogens with zero attached hydrogens (tertiary/aromatic N) is 1. The largest absolute Gasteiger partial charge is 0.481 e. The van der Waals surface area contributed by atoms with Crippen molar-refractivity contribution in [3.8, 4) is 0 Å². The average molecular weight is 280 g/mol. The number of carboxylic acid groups (broad SMARTS) is 1. The van der Waals surface area contributed by atoms with Gasteiger partial charge in [0.15, 0.2) is 0 Å². The van der Waals surface area contributed by atoms with E-state index in [4.69, 9.17) is 5.11 Å². The summed E-state index contributed by atoms with van der Waals surface area (Å²) in [5, 5.41) is 11.8. The Balaban J connectivity index is 1.89. The quantitative estimate of drug-likeness (QED) is 0.887. The third-order valence-electron chi connectivity index (χ3n) is 3.61. The fraction of sp³-hybridized carbons (Fsp3) is 0.429. The van der Waals surface area contributed by atoms with Gasteiger partial charge in [0.05, 0.1) is 5.41 Å². The lowest BCUT2D eigenvalue weighted by atomic mass is 9.90. The monoisotopic (exact) mass is 280 g/mol. The lowest BCUT2D eigenvalue weighted by molar-refractivity contribution is -0.146. The summed E-state index contributed by atoms with van der Waals surface area (Å²) in [6.45, 7) is 2.46. The standard InChI is InChI=1S/C14H17FN2O3/c1-14(12(18)19)5-6-17(9-14)13(20)16-8-10-3-2-4-11(15)7-10/h2-4,7H,5-6,8-9H2,1H3,(H,16,20)(H,18,19). The Kier molecular flexibility index (Phi) is 3.92. The molecule has 1 heterocycles. The van der Waals surface area contributed by atoms with Crippen LogP contribution in [0.1, 0.15) is 18.9 Å². The van der Waals surface area contributed by atoms with Crippen molar-refractivity contribution in [2.45, 2.75) is 19.9 Å². The Hall–Kier alpha value is -2.11. The van der Waals surface area contributed by atoms with Gasteiger partial charge in [0.2, 0.25) is 0 Å². The number of aliphatic carboxylic acids is 1. The minimum Gasteiger partial charge on any atom is -0.481 e. The normalized spacial score (nSPS) is 21.8. The molecule has 1 aliphatic rings. The zero-order chi connectivity index (χ0) is 14.8. The van der Waals surface area contributed by atoms with E-state index in [1.165, 1.54) is 17.0 Å². The topological polar surface area (TPSA) is 69.6 Å². The van der Waals surface area contributed by atoms with E-state index < -0.39 is 11.4 Å². The molecule has 1 saturated heterocycles. The van der Waals surface area contributed by atoms with Crippen LogP contribution in [-0.4, -0.2) is 35.1 Å². The van der Waals surface area contributed by atoms with Crippen LogP contribution in [0.3, 0.4) is 0 Å². The van der Waals surface area contributed by atoms with Gasteiger partial charge in [0, 0.05) is 19.6 Å². The molecule has 0 aromatic heterocycles. The second-order valence-electron chi connectivity index (χ2n) is 5.33. The number of carbonyl (C=O) groups excluding carboxylic acids is 1. The molecule has 1 aromatic carbocycles. The van der Waals surface area contributed by atoms with Crippen molar-refractivity contribution in [2.75, 3.05) is 13.1 Å². The summed E-state index contributed by atoms with van der Waals surface area (Å²) in [5.74, 6) is -1.24. The Morgan fingerprint density at radius 2 is 2.25 bits per heavy atom. The predicted octanol–water partition coefficient (Wildman–Crippen LogP) is 1.83. The summed E-state index contributed by atoms with van der Waals surface area (Å²) in [7, 11) is 0. The fourth-order valence-corrected chi connectivity index (χ4v) is 2.25. The van der Waals surface area contributed by atoms with Gasteiger partial charge in [0.25, 0.3) is 0 Å². The molecular weight excluding hydrogens is 263 g/mol. The highest BCUT2D eigenvalue weighted by atomic mass is 19.1. The first-order chi connectivity index (χ1) is 9.40. The first-order valence-electron chi connectivity index (χ1n) is 6.41. The van der Waals surface area contributed by atoms with Crippen LogP contribution in [0.15, 0.2) is 24.3 Å². The van der Waals surface area contributed by atoms with Gasteiger partial charge < -0.3 is 15.3 Å². The molecule has 1 aliphatic heterocycles. The Labute approximate surface area is 116 Å². The van der Waals surface area contributed by atoms with Crippen molar-refractivity contribution in [3.63, 3.8) is 0 Å². The summed E-state index contributed by atoms with van der Waals surface area (Å²) in [5.41, 5.74) is -0.213. The molecule has 5 nitrogen and oxygen atoms in total. The van der Waals surface area contributed by atoms with E-state index in [1.54, 1.807) is 19.1 Å². The number of carbonyl (C=O) groups is 2. The molecule has 1 atom stereocenters. The number of amides is 2. The first kappa shape index (κ1) is 14.3. The van der Waals surface area contributed by atoms with Crippen molar-refractivity contribution in [1.29, 1.82) is 0 Å². The molecular formula is C14H17FN2O3. The lowest BCUT2D eigenvalue weighted by Crippen LogP contribution is -2.40. The Bertz CT molecular complexity index is 535. The van der Waals surface area contributed by atoms with Gasteiger partial charge in [-0.05, 0) is 31.0 Å². The maximum atomic E-state index is 13.0. The molecule has 0 aliphatic carbocycles. The second kappa shape index (κ2) is 5.48. The third-order valence-corrected chi connectivity index (χ3v) is 3.61. The molecule has 108 valence electrons. The van der Waals surface area contributed by atoms with Crippen molar-refractivity contribution in [2.24, 2.45) is 5.41 Å². The van der Waals surface area contributed by atoms with E-state index >= 15 is 0 Å². The minimum absolute atomic E-state index is 0.192. The molecule has 20 heavy (non-hydrogen) atoms. The highest BCUT2D eigenvalue weighted by Crippen LogP contribution is 2.29. The van der Waals surface area contributed by atoms with Gasteiger partial charge in [-0.2, -0.15) is 0 Å². The van der Waals surface area contributed by atoms with E-state index in [-0.39, 0.29) is 24.9 Å². The van der Waals surface area contributed by atoms with Gasteiger partial charge in [-0.15, -0.1) is 0 Å². The summed E-state index contributed by atoms with van der Waals surface area (Å²) in [6.07, 6.45) is 0.440. The molecule has 1 aromatic rings. The van der Waals surface area contributed by atoms with E-state index in [9.17, 15) is 14.0 Å². The number of carboxylic acids is 1. The molecule has 0 radical (unpaired) electrons. The Morgan fingerprint density at radius 3 is 2.85 bits per heavy atom. The van der Waals surface area contributed by atoms with Crippen molar-refractivity contribution >= 4 is 12.0 Å². The number of urea groups is 1. The van der Waals surface area contributed by atoms with Gasteiger partial charge in [-0.25, -0.2) is 9.18 Å². The number of rotatable bonds is 3. The molecule has 0 spiro atoms. The molecule has 0 bridgehead atoms. The van der Waals surface area contributed by atoms with E-state index in [2.05, 4.69) is 5.32 Å². The van der Waals surface area contributed by atoms with Crippen LogP contribution in [0.2, 0.25) is 0 Å². The number of hydrogen-bond acceptors (Lipinski definition) is 2. The number of halogens is 1. The van der Waals surface area contributed by atoms with Gasteiger partial charge in [-0.3, -0.25) is 4.79 Å². The van der Waals surface area contributed by atoms with Crippen molar-refractivity contribution in [3.05, 3.63) is 35.6 Å². The minimum atomic E-state index is -0.891. The molecule has 2 amide bonds. The molecule has 1 unspecified atom stereocenters. The van der Waals surface area contributed by atoms with Crippen LogP contribution < -0.4 is 5.32 Å². The summed E-state index contributed by atoms with van der Waals surface area (Å²) < 4.78 is 13.0. The second-order valence-corrected chi connectivity index (χ2v) is 5.33.